The van der Waals surface area contributed by atoms with E-state index in [1.54, 1.807) is 0 Å². The molecular weight excluding hydrogens is 222 g/mol. The molecule has 0 radical (unpaired) electrons. The maximum Gasteiger partial charge on any atom is 0.0570 e. The summed E-state index contributed by atoms with van der Waals surface area (Å²) in [4.78, 5) is 0. The summed E-state index contributed by atoms with van der Waals surface area (Å²) in [5.74, 6) is 0.599. The third-order valence-corrected chi connectivity index (χ3v) is 3.65. The van der Waals surface area contributed by atoms with Crippen molar-refractivity contribution >= 4 is 5.69 Å². The predicted octanol–water partition coefficient (Wildman–Crippen LogP) is 4.18. The first-order chi connectivity index (χ1) is 8.54. The Morgan fingerprint density at radius 1 is 1.06 bits per heavy atom. The Labute approximate surface area is 111 Å². The van der Waals surface area contributed by atoms with Crippen LogP contribution in [0.25, 0.3) is 0 Å². The SMILES string of the molecule is CC1CC(Nc2ccc(C(C)C)cc2)CC(C)O1. The first kappa shape index (κ1) is 13.4. The van der Waals surface area contributed by atoms with E-state index < -0.39 is 0 Å². The highest BCUT2D eigenvalue weighted by atomic mass is 16.5. The topological polar surface area (TPSA) is 21.3 Å². The average Bonchev–Trinajstić information content (AvgIpc) is 2.28. The lowest BCUT2D eigenvalue weighted by Crippen LogP contribution is -2.36. The molecule has 1 fully saturated rings. The highest BCUT2D eigenvalue weighted by Crippen LogP contribution is 2.23. The van der Waals surface area contributed by atoms with Crippen molar-refractivity contribution in [3.05, 3.63) is 29.8 Å². The van der Waals surface area contributed by atoms with Gasteiger partial charge in [-0.1, -0.05) is 26.0 Å². The summed E-state index contributed by atoms with van der Waals surface area (Å²) >= 11 is 0. The zero-order valence-electron chi connectivity index (χ0n) is 11.9. The monoisotopic (exact) mass is 247 g/mol. The number of hydrogen-bond acceptors (Lipinski definition) is 2. The van der Waals surface area contributed by atoms with Gasteiger partial charge < -0.3 is 10.1 Å². The summed E-state index contributed by atoms with van der Waals surface area (Å²) < 4.78 is 5.76. The van der Waals surface area contributed by atoms with E-state index >= 15 is 0 Å². The Balaban J connectivity index is 1.96. The molecule has 1 aliphatic heterocycles. The van der Waals surface area contributed by atoms with Gasteiger partial charge >= 0.3 is 0 Å². The van der Waals surface area contributed by atoms with Crippen molar-refractivity contribution in [1.82, 2.24) is 0 Å². The first-order valence-electron chi connectivity index (χ1n) is 7.06. The van der Waals surface area contributed by atoms with Crippen LogP contribution in [0, 0.1) is 0 Å². The smallest absolute Gasteiger partial charge is 0.0570 e. The molecule has 2 nitrogen and oxygen atoms in total. The Morgan fingerprint density at radius 3 is 2.11 bits per heavy atom. The minimum Gasteiger partial charge on any atom is -0.382 e. The maximum absolute atomic E-state index is 5.76. The summed E-state index contributed by atoms with van der Waals surface area (Å²) in [5.41, 5.74) is 2.62. The number of benzene rings is 1. The minimum atomic E-state index is 0.362. The quantitative estimate of drug-likeness (QED) is 0.865. The maximum atomic E-state index is 5.76. The average molecular weight is 247 g/mol. The van der Waals surface area contributed by atoms with Gasteiger partial charge in [0.25, 0.3) is 0 Å². The summed E-state index contributed by atoms with van der Waals surface area (Å²) in [7, 11) is 0. The molecule has 0 spiro atoms. The number of ether oxygens (including phenoxy) is 1. The van der Waals surface area contributed by atoms with Gasteiger partial charge in [0.15, 0.2) is 0 Å². The van der Waals surface area contributed by atoms with Gasteiger partial charge in [0, 0.05) is 11.7 Å². The van der Waals surface area contributed by atoms with Gasteiger partial charge in [-0.05, 0) is 50.3 Å². The van der Waals surface area contributed by atoms with Crippen LogP contribution >= 0.6 is 0 Å². The molecule has 18 heavy (non-hydrogen) atoms. The van der Waals surface area contributed by atoms with Crippen molar-refractivity contribution in [2.45, 2.75) is 64.7 Å². The highest BCUT2D eigenvalue weighted by molar-refractivity contribution is 5.46. The lowest BCUT2D eigenvalue weighted by Gasteiger charge is -2.33. The zero-order valence-corrected chi connectivity index (χ0v) is 11.9. The fraction of sp³-hybridized carbons (Fsp3) is 0.625. The fourth-order valence-electron chi connectivity index (χ4n) is 2.72. The lowest BCUT2D eigenvalue weighted by molar-refractivity contribution is -0.0337. The van der Waals surface area contributed by atoms with E-state index in [0.717, 1.165) is 12.8 Å². The molecule has 0 bridgehead atoms. The van der Waals surface area contributed by atoms with Gasteiger partial charge in [-0.3, -0.25) is 0 Å². The van der Waals surface area contributed by atoms with Gasteiger partial charge in [0.2, 0.25) is 0 Å². The minimum absolute atomic E-state index is 0.362. The van der Waals surface area contributed by atoms with Crippen LogP contribution in [0.4, 0.5) is 5.69 Å². The van der Waals surface area contributed by atoms with Crippen LogP contribution in [0.1, 0.15) is 52.0 Å². The molecule has 0 aliphatic carbocycles. The molecule has 0 amide bonds. The van der Waals surface area contributed by atoms with Crippen LogP contribution in [-0.2, 0) is 4.74 Å². The van der Waals surface area contributed by atoms with Crippen molar-refractivity contribution in [3.8, 4) is 0 Å². The molecule has 1 aliphatic rings. The van der Waals surface area contributed by atoms with Crippen LogP contribution in [-0.4, -0.2) is 18.2 Å². The molecule has 1 heterocycles. The Bertz CT molecular complexity index is 361. The number of nitrogens with one attached hydrogen (secondary N) is 1. The van der Waals surface area contributed by atoms with Gasteiger partial charge in [0.1, 0.15) is 0 Å². The molecule has 1 aromatic rings. The normalized spacial score (nSPS) is 28.4. The van der Waals surface area contributed by atoms with Crippen LogP contribution < -0.4 is 5.32 Å². The molecule has 2 heteroatoms. The van der Waals surface area contributed by atoms with E-state index in [4.69, 9.17) is 4.74 Å². The molecule has 0 saturated carbocycles. The first-order valence-corrected chi connectivity index (χ1v) is 7.06. The van der Waals surface area contributed by atoms with E-state index in [1.165, 1.54) is 11.3 Å². The Hall–Kier alpha value is -1.02. The molecule has 1 aromatic carbocycles. The Morgan fingerprint density at radius 2 is 1.61 bits per heavy atom. The van der Waals surface area contributed by atoms with Gasteiger partial charge in [-0.15, -0.1) is 0 Å². The molecule has 2 atom stereocenters. The predicted molar refractivity (Wildman–Crippen MR) is 77.2 cm³/mol. The molecule has 2 unspecified atom stereocenters. The number of anilines is 1. The van der Waals surface area contributed by atoms with Gasteiger partial charge in [0.05, 0.1) is 12.2 Å². The summed E-state index contributed by atoms with van der Waals surface area (Å²) in [5, 5.41) is 3.63. The van der Waals surface area contributed by atoms with E-state index in [-0.39, 0.29) is 0 Å². The van der Waals surface area contributed by atoms with Crippen LogP contribution in [0.3, 0.4) is 0 Å². The second kappa shape index (κ2) is 5.75. The van der Waals surface area contributed by atoms with E-state index in [9.17, 15) is 0 Å². The third kappa shape index (κ3) is 3.49. The van der Waals surface area contributed by atoms with E-state index in [0.29, 0.717) is 24.2 Å². The van der Waals surface area contributed by atoms with Crippen molar-refractivity contribution in [3.63, 3.8) is 0 Å². The zero-order chi connectivity index (χ0) is 13.1. The molecule has 1 saturated heterocycles. The highest BCUT2D eigenvalue weighted by Gasteiger charge is 2.24. The molecule has 0 aromatic heterocycles. The molecule has 100 valence electrons. The Kier molecular flexibility index (Phi) is 4.28. The number of hydrogen-bond donors (Lipinski definition) is 1. The number of rotatable bonds is 3. The van der Waals surface area contributed by atoms with E-state index in [2.05, 4.69) is 57.3 Å². The van der Waals surface area contributed by atoms with Crippen LogP contribution in [0.2, 0.25) is 0 Å². The van der Waals surface area contributed by atoms with Gasteiger partial charge in [-0.2, -0.15) is 0 Å². The van der Waals surface area contributed by atoms with E-state index in [1.807, 2.05) is 0 Å². The summed E-state index contributed by atoms with van der Waals surface area (Å²) in [6, 6.07) is 9.37. The summed E-state index contributed by atoms with van der Waals surface area (Å²) in [6.45, 7) is 8.77. The van der Waals surface area contributed by atoms with Crippen molar-refractivity contribution in [2.75, 3.05) is 5.32 Å². The fourth-order valence-corrected chi connectivity index (χ4v) is 2.72. The second-order valence-corrected chi connectivity index (χ2v) is 5.85. The molecule has 2 rings (SSSR count). The third-order valence-electron chi connectivity index (χ3n) is 3.65. The van der Waals surface area contributed by atoms with Crippen molar-refractivity contribution in [1.29, 1.82) is 0 Å². The largest absolute Gasteiger partial charge is 0.382 e. The molecule has 1 N–H and O–H groups in total. The summed E-state index contributed by atoms with van der Waals surface area (Å²) in [6.07, 6.45) is 2.91. The van der Waals surface area contributed by atoms with Gasteiger partial charge in [-0.25, -0.2) is 0 Å². The van der Waals surface area contributed by atoms with Crippen LogP contribution in [0.15, 0.2) is 24.3 Å². The van der Waals surface area contributed by atoms with Crippen LogP contribution in [0.5, 0.6) is 0 Å². The van der Waals surface area contributed by atoms with Crippen molar-refractivity contribution in [2.24, 2.45) is 0 Å². The molecular formula is C16H25NO. The lowest BCUT2D eigenvalue weighted by atomic mass is 9.99. The standard InChI is InChI=1S/C16H25NO/c1-11(2)14-5-7-15(8-6-14)17-16-9-12(3)18-13(4)10-16/h5-8,11-13,16-17H,9-10H2,1-4H3. The second-order valence-electron chi connectivity index (χ2n) is 5.85. The van der Waals surface area contributed by atoms with Crippen molar-refractivity contribution < 1.29 is 4.74 Å².